The fraction of sp³-hybridized carbons (Fsp3) is 0.308. The van der Waals surface area contributed by atoms with Gasteiger partial charge in [0, 0.05) is 25.1 Å². The maximum atomic E-state index is 13.7. The highest BCUT2D eigenvalue weighted by Gasteiger charge is 2.35. The van der Waals surface area contributed by atoms with Crippen LogP contribution >= 0.6 is 0 Å². The van der Waals surface area contributed by atoms with Crippen molar-refractivity contribution in [1.29, 1.82) is 0 Å². The molecule has 11 heteroatoms. The summed E-state index contributed by atoms with van der Waals surface area (Å²) in [7, 11) is 0.680. The first-order valence-electron chi connectivity index (χ1n) is 11.5. The molecule has 0 fully saturated rings. The lowest BCUT2D eigenvalue weighted by Crippen LogP contribution is -2.30. The minimum Gasteiger partial charge on any atom is -0.494 e. The van der Waals surface area contributed by atoms with Gasteiger partial charge in [-0.3, -0.25) is 4.57 Å². The predicted molar refractivity (Wildman–Crippen MR) is 139 cm³/mol. The Morgan fingerprint density at radius 1 is 0.892 bits per heavy atom. The summed E-state index contributed by atoms with van der Waals surface area (Å²) in [5, 5.41) is 7.71. The molecule has 0 spiro atoms. The molecule has 0 radical (unpaired) electrons. The van der Waals surface area contributed by atoms with Crippen LogP contribution in [0.5, 0.6) is 11.5 Å². The Morgan fingerprint density at radius 2 is 1.51 bits per heavy atom. The second-order valence-corrected chi connectivity index (χ2v) is 10.8. The average Bonchev–Trinajstić information content (AvgIpc) is 3.32. The molecule has 0 unspecified atom stereocenters. The largest absolute Gasteiger partial charge is 0.494 e. The normalized spacial score (nSPS) is 13.2. The second kappa shape index (κ2) is 11.1. The first kappa shape index (κ1) is 26.2. The van der Waals surface area contributed by atoms with Gasteiger partial charge in [-0.15, -0.1) is 10.2 Å². The van der Waals surface area contributed by atoms with Crippen molar-refractivity contribution in [3.05, 3.63) is 78.1 Å². The Hall–Kier alpha value is -3.83. The molecular weight excluding hydrogens is 494 g/mol. The highest BCUT2D eigenvalue weighted by molar-refractivity contribution is 7.91. The Labute approximate surface area is 216 Å². The lowest BCUT2D eigenvalue weighted by Gasteiger charge is -2.22. The van der Waals surface area contributed by atoms with Crippen LogP contribution in [0.25, 0.3) is 17.1 Å². The van der Waals surface area contributed by atoms with Crippen LogP contribution in [-0.2, 0) is 20.3 Å². The molecule has 2 aromatic carbocycles. The summed E-state index contributed by atoms with van der Waals surface area (Å²) in [6.45, 7) is 3.43. The van der Waals surface area contributed by atoms with Gasteiger partial charge >= 0.3 is 0 Å². The minimum absolute atomic E-state index is 0.202. The van der Waals surface area contributed by atoms with Crippen molar-refractivity contribution in [2.45, 2.75) is 31.0 Å². The first-order chi connectivity index (χ1) is 17.8. The SMILES string of the molecule is COc1cccc(OC)c1-n1c(CS(=O)(=O)[C@@H](C)[C@H](OC)c2ncc(C)cn2)nnc1-c1ccccc1. The zero-order chi connectivity index (χ0) is 26.6. The second-order valence-electron chi connectivity index (χ2n) is 8.44. The van der Waals surface area contributed by atoms with Crippen LogP contribution in [0.3, 0.4) is 0 Å². The summed E-state index contributed by atoms with van der Waals surface area (Å²) >= 11 is 0. The van der Waals surface area contributed by atoms with Gasteiger partial charge in [0.1, 0.15) is 29.0 Å². The quantitative estimate of drug-likeness (QED) is 0.306. The number of aryl methyl sites for hydroxylation is 1. The molecule has 0 aliphatic rings. The molecule has 10 nitrogen and oxygen atoms in total. The summed E-state index contributed by atoms with van der Waals surface area (Å²) in [6.07, 6.45) is 2.39. The lowest BCUT2D eigenvalue weighted by atomic mass is 10.2. The molecule has 2 aromatic heterocycles. The summed E-state index contributed by atoms with van der Waals surface area (Å²) in [5.74, 6) is 1.49. The van der Waals surface area contributed by atoms with Gasteiger partial charge in [0.2, 0.25) is 0 Å². The number of aromatic nitrogens is 5. The molecule has 194 valence electrons. The standard InChI is InChI=1S/C26H29N5O5S/c1-17-14-27-25(28-15-17)24(36-5)18(2)37(32,33)16-22-29-30-26(19-10-7-6-8-11-19)31(22)23-20(34-3)12-9-13-21(23)35-4/h6-15,18,24H,16H2,1-5H3/t18-,24-/m0/s1. The van der Waals surface area contributed by atoms with E-state index < -0.39 is 26.9 Å². The van der Waals surface area contributed by atoms with Crippen molar-refractivity contribution < 1.29 is 22.6 Å². The van der Waals surface area contributed by atoms with E-state index in [1.807, 2.05) is 37.3 Å². The van der Waals surface area contributed by atoms with E-state index in [0.717, 1.165) is 11.1 Å². The maximum absolute atomic E-state index is 13.7. The van der Waals surface area contributed by atoms with E-state index in [1.54, 1.807) is 42.1 Å². The van der Waals surface area contributed by atoms with Gasteiger partial charge in [-0.1, -0.05) is 36.4 Å². The minimum atomic E-state index is -3.83. The number of benzene rings is 2. The predicted octanol–water partition coefficient (Wildman–Crippen LogP) is 3.74. The van der Waals surface area contributed by atoms with E-state index >= 15 is 0 Å². The van der Waals surface area contributed by atoms with Crippen molar-refractivity contribution >= 4 is 9.84 Å². The van der Waals surface area contributed by atoms with Crippen molar-refractivity contribution in [1.82, 2.24) is 24.7 Å². The van der Waals surface area contributed by atoms with Crippen LogP contribution in [0.15, 0.2) is 60.9 Å². The molecule has 0 saturated carbocycles. The number of para-hydroxylation sites is 1. The van der Waals surface area contributed by atoms with E-state index in [1.165, 1.54) is 21.3 Å². The highest BCUT2D eigenvalue weighted by atomic mass is 32.2. The molecular formula is C26H29N5O5S. The zero-order valence-electron chi connectivity index (χ0n) is 21.3. The highest BCUT2D eigenvalue weighted by Crippen LogP contribution is 2.37. The van der Waals surface area contributed by atoms with Crippen LogP contribution < -0.4 is 9.47 Å². The monoisotopic (exact) mass is 523 g/mol. The van der Waals surface area contributed by atoms with Gasteiger partial charge in [0.05, 0.1) is 19.5 Å². The lowest BCUT2D eigenvalue weighted by molar-refractivity contribution is 0.0947. The van der Waals surface area contributed by atoms with Crippen molar-refractivity contribution in [2.75, 3.05) is 21.3 Å². The van der Waals surface area contributed by atoms with Gasteiger partial charge in [0.15, 0.2) is 27.3 Å². The number of ether oxygens (including phenoxy) is 3. The van der Waals surface area contributed by atoms with Gasteiger partial charge in [0.25, 0.3) is 0 Å². The van der Waals surface area contributed by atoms with Crippen LogP contribution in [0, 0.1) is 6.92 Å². The van der Waals surface area contributed by atoms with Crippen molar-refractivity contribution in [2.24, 2.45) is 0 Å². The third kappa shape index (κ3) is 5.32. The van der Waals surface area contributed by atoms with E-state index in [0.29, 0.717) is 28.8 Å². The smallest absolute Gasteiger partial charge is 0.168 e. The number of rotatable bonds is 10. The third-order valence-electron chi connectivity index (χ3n) is 6.02. The molecule has 0 aliphatic heterocycles. The number of sulfone groups is 1. The number of methoxy groups -OCH3 is 3. The summed E-state index contributed by atoms with van der Waals surface area (Å²) < 4.78 is 45.8. The number of hydrogen-bond donors (Lipinski definition) is 0. The van der Waals surface area contributed by atoms with Gasteiger partial charge in [-0.2, -0.15) is 0 Å². The van der Waals surface area contributed by atoms with Gasteiger partial charge in [-0.05, 0) is 31.5 Å². The fourth-order valence-electron chi connectivity index (χ4n) is 4.03. The van der Waals surface area contributed by atoms with E-state index in [4.69, 9.17) is 14.2 Å². The van der Waals surface area contributed by atoms with Gasteiger partial charge in [-0.25, -0.2) is 18.4 Å². The summed E-state index contributed by atoms with van der Waals surface area (Å²) in [5.41, 5.74) is 2.11. The van der Waals surface area contributed by atoms with Crippen LogP contribution in [0.1, 0.15) is 30.2 Å². The molecule has 37 heavy (non-hydrogen) atoms. The molecule has 0 bridgehead atoms. The molecule has 0 amide bonds. The van der Waals surface area contributed by atoms with Crippen LogP contribution in [0.4, 0.5) is 0 Å². The first-order valence-corrected chi connectivity index (χ1v) is 13.3. The number of nitrogens with zero attached hydrogens (tertiary/aromatic N) is 5. The van der Waals surface area contributed by atoms with E-state index in [9.17, 15) is 8.42 Å². The van der Waals surface area contributed by atoms with Crippen molar-refractivity contribution in [3.63, 3.8) is 0 Å². The Kier molecular flexibility index (Phi) is 7.84. The summed E-state index contributed by atoms with van der Waals surface area (Å²) in [6, 6.07) is 14.7. The van der Waals surface area contributed by atoms with E-state index in [2.05, 4.69) is 20.2 Å². The average molecular weight is 524 g/mol. The fourth-order valence-corrected chi connectivity index (χ4v) is 5.45. The van der Waals surface area contributed by atoms with Crippen molar-refractivity contribution in [3.8, 4) is 28.6 Å². The topological polar surface area (TPSA) is 118 Å². The number of hydrogen-bond acceptors (Lipinski definition) is 9. The molecule has 4 aromatic rings. The molecule has 2 heterocycles. The molecule has 0 N–H and O–H groups in total. The maximum Gasteiger partial charge on any atom is 0.168 e. The summed E-state index contributed by atoms with van der Waals surface area (Å²) in [4.78, 5) is 8.56. The molecule has 0 aliphatic carbocycles. The third-order valence-corrected chi connectivity index (χ3v) is 8.06. The Bertz CT molecular complexity index is 1430. The molecule has 2 atom stereocenters. The molecule has 0 saturated heterocycles. The Morgan fingerprint density at radius 3 is 2.08 bits per heavy atom. The van der Waals surface area contributed by atoms with Crippen LogP contribution in [0.2, 0.25) is 0 Å². The molecule has 4 rings (SSSR count). The van der Waals surface area contributed by atoms with Crippen LogP contribution in [-0.4, -0.2) is 59.7 Å². The van der Waals surface area contributed by atoms with E-state index in [-0.39, 0.29) is 5.82 Å². The van der Waals surface area contributed by atoms with Gasteiger partial charge < -0.3 is 14.2 Å². The Balaban J connectivity index is 1.83. The zero-order valence-corrected chi connectivity index (χ0v) is 22.1.